The van der Waals surface area contributed by atoms with Crippen LogP contribution in [0.2, 0.25) is 5.02 Å². The molecule has 5 heteroatoms. The van der Waals surface area contributed by atoms with Crippen molar-refractivity contribution in [1.29, 1.82) is 0 Å². The van der Waals surface area contributed by atoms with Gasteiger partial charge in [0.2, 0.25) is 0 Å². The molecule has 0 bridgehead atoms. The average Bonchev–Trinajstić information content (AvgIpc) is 2.73. The van der Waals surface area contributed by atoms with E-state index in [0.717, 1.165) is 49.3 Å². The second-order valence-electron chi connectivity index (χ2n) is 7.55. The third-order valence-corrected chi connectivity index (χ3v) is 5.43. The topological polar surface area (TPSA) is 41.6 Å². The second-order valence-corrected chi connectivity index (χ2v) is 7.99. The molecule has 0 saturated heterocycles. The van der Waals surface area contributed by atoms with Crippen LogP contribution in [-0.2, 0) is 4.74 Å². The fourth-order valence-electron chi connectivity index (χ4n) is 3.61. The Balaban J connectivity index is 1.92. The van der Waals surface area contributed by atoms with Crippen molar-refractivity contribution in [1.82, 2.24) is 5.32 Å². The number of carbonyl (C=O) groups is 1. The summed E-state index contributed by atoms with van der Waals surface area (Å²) in [5, 5.41) is 3.92. The molecular weight excluding hydrogens is 384 g/mol. The Labute approximate surface area is 178 Å². The highest BCUT2D eigenvalue weighted by Crippen LogP contribution is 2.34. The van der Waals surface area contributed by atoms with Crippen LogP contribution in [0.25, 0.3) is 0 Å². The van der Waals surface area contributed by atoms with Crippen molar-refractivity contribution in [3.63, 3.8) is 0 Å². The number of rotatable bonds is 7. The molecule has 0 spiro atoms. The van der Waals surface area contributed by atoms with Gasteiger partial charge in [-0.25, -0.2) is 0 Å². The Morgan fingerprint density at radius 1 is 1.14 bits per heavy atom. The Morgan fingerprint density at radius 3 is 2.45 bits per heavy atom. The number of nitrogens with one attached hydrogen (secondary N) is 1. The van der Waals surface area contributed by atoms with Crippen LogP contribution in [0.5, 0.6) is 0 Å². The van der Waals surface area contributed by atoms with Gasteiger partial charge in [0, 0.05) is 36.8 Å². The summed E-state index contributed by atoms with van der Waals surface area (Å²) in [5.74, 6) is 0.922. The minimum atomic E-state index is -0.227. The SMILES string of the molecule is CCCC1=C([C@@H](NC(=O)c2ccc(N(C)C)cc2)c2ccc(Cl)cc2)CCCO1. The average molecular weight is 413 g/mol. The Morgan fingerprint density at radius 2 is 1.83 bits per heavy atom. The van der Waals surface area contributed by atoms with Crippen molar-refractivity contribution < 1.29 is 9.53 Å². The number of carbonyl (C=O) groups excluding carboxylic acids is 1. The molecule has 3 rings (SSSR count). The number of halogens is 1. The molecule has 1 amide bonds. The molecule has 0 fully saturated rings. The molecule has 0 saturated carbocycles. The van der Waals surface area contributed by atoms with Gasteiger partial charge in [-0.1, -0.05) is 30.7 Å². The largest absolute Gasteiger partial charge is 0.498 e. The predicted octanol–water partition coefficient (Wildman–Crippen LogP) is 5.74. The Bertz CT molecular complexity index is 857. The third kappa shape index (κ3) is 5.33. The highest BCUT2D eigenvalue weighted by molar-refractivity contribution is 6.30. The lowest BCUT2D eigenvalue weighted by molar-refractivity contribution is 0.0937. The number of hydrogen-bond acceptors (Lipinski definition) is 3. The van der Waals surface area contributed by atoms with Crippen LogP contribution in [0.15, 0.2) is 59.9 Å². The van der Waals surface area contributed by atoms with E-state index in [4.69, 9.17) is 16.3 Å². The lowest BCUT2D eigenvalue weighted by Gasteiger charge is -2.29. The first-order chi connectivity index (χ1) is 14.0. The number of allylic oxidation sites excluding steroid dienone is 1. The molecule has 1 atom stereocenters. The lowest BCUT2D eigenvalue weighted by atomic mass is 9.91. The van der Waals surface area contributed by atoms with Crippen LogP contribution in [-0.4, -0.2) is 26.6 Å². The summed E-state index contributed by atoms with van der Waals surface area (Å²) in [7, 11) is 3.97. The van der Waals surface area contributed by atoms with Crippen molar-refractivity contribution in [2.24, 2.45) is 0 Å². The minimum absolute atomic E-state index is 0.0934. The van der Waals surface area contributed by atoms with Crippen LogP contribution >= 0.6 is 11.6 Å². The number of nitrogens with zero attached hydrogens (tertiary/aromatic N) is 1. The predicted molar refractivity (Wildman–Crippen MR) is 120 cm³/mol. The van der Waals surface area contributed by atoms with Gasteiger partial charge in [0.05, 0.1) is 18.4 Å². The molecule has 0 aliphatic carbocycles. The first-order valence-corrected chi connectivity index (χ1v) is 10.6. The number of hydrogen-bond donors (Lipinski definition) is 1. The summed E-state index contributed by atoms with van der Waals surface area (Å²) < 4.78 is 5.98. The molecule has 0 aromatic heterocycles. The highest BCUT2D eigenvalue weighted by Gasteiger charge is 2.25. The summed E-state index contributed by atoms with van der Waals surface area (Å²) in [6.07, 6.45) is 3.77. The standard InChI is InChI=1S/C24H29ClN2O2/c1-4-6-22-21(7-5-16-29-22)23(17-8-12-19(25)13-9-17)26-24(28)18-10-14-20(15-11-18)27(2)3/h8-15,23H,4-7,16H2,1-3H3,(H,26,28)/t23-/m0/s1. The fourth-order valence-corrected chi connectivity index (χ4v) is 3.73. The van der Waals surface area contributed by atoms with Crippen molar-refractivity contribution in [3.05, 3.63) is 76.0 Å². The first kappa shape index (κ1) is 21.3. The molecule has 1 heterocycles. The van der Waals surface area contributed by atoms with Gasteiger partial charge in [-0.3, -0.25) is 4.79 Å². The molecule has 0 radical (unpaired) electrons. The van der Waals surface area contributed by atoms with Crippen LogP contribution in [0, 0.1) is 0 Å². The van der Waals surface area contributed by atoms with Crippen LogP contribution in [0.4, 0.5) is 5.69 Å². The summed E-state index contributed by atoms with van der Waals surface area (Å²) >= 11 is 6.09. The van der Waals surface area contributed by atoms with Gasteiger partial charge in [0.1, 0.15) is 0 Å². The zero-order chi connectivity index (χ0) is 20.8. The van der Waals surface area contributed by atoms with Gasteiger partial charge in [0.15, 0.2) is 0 Å². The van der Waals surface area contributed by atoms with Gasteiger partial charge in [-0.2, -0.15) is 0 Å². The van der Waals surface area contributed by atoms with E-state index in [0.29, 0.717) is 10.6 Å². The zero-order valence-electron chi connectivity index (χ0n) is 17.4. The number of anilines is 1. The van der Waals surface area contributed by atoms with Gasteiger partial charge < -0.3 is 15.0 Å². The van der Waals surface area contributed by atoms with Gasteiger partial charge in [-0.05, 0) is 66.8 Å². The van der Waals surface area contributed by atoms with Gasteiger partial charge in [0.25, 0.3) is 5.91 Å². The third-order valence-electron chi connectivity index (χ3n) is 5.18. The van der Waals surface area contributed by atoms with Crippen LogP contribution in [0.3, 0.4) is 0 Å². The van der Waals surface area contributed by atoms with Crippen LogP contribution < -0.4 is 10.2 Å². The van der Waals surface area contributed by atoms with E-state index in [2.05, 4.69) is 12.2 Å². The molecule has 1 N–H and O–H groups in total. The van der Waals surface area contributed by atoms with E-state index >= 15 is 0 Å². The van der Waals surface area contributed by atoms with Crippen molar-refractivity contribution in [2.45, 2.75) is 38.6 Å². The van der Waals surface area contributed by atoms with E-state index in [9.17, 15) is 4.79 Å². The number of ether oxygens (including phenoxy) is 1. The maximum atomic E-state index is 13.1. The van der Waals surface area contributed by atoms with E-state index in [-0.39, 0.29) is 11.9 Å². The minimum Gasteiger partial charge on any atom is -0.498 e. The summed E-state index contributed by atoms with van der Waals surface area (Å²) in [5.41, 5.74) is 3.88. The molecule has 29 heavy (non-hydrogen) atoms. The van der Waals surface area contributed by atoms with E-state index in [1.807, 2.05) is 67.5 Å². The maximum Gasteiger partial charge on any atom is 0.252 e. The highest BCUT2D eigenvalue weighted by atomic mass is 35.5. The fraction of sp³-hybridized carbons (Fsp3) is 0.375. The molecule has 0 unspecified atom stereocenters. The number of amides is 1. The smallest absolute Gasteiger partial charge is 0.252 e. The Kier molecular flexibility index (Phi) is 7.21. The summed E-state index contributed by atoms with van der Waals surface area (Å²) in [4.78, 5) is 15.1. The van der Waals surface area contributed by atoms with E-state index < -0.39 is 0 Å². The molecular formula is C24H29ClN2O2. The normalized spacial score (nSPS) is 14.9. The molecule has 154 valence electrons. The molecule has 2 aromatic carbocycles. The molecule has 1 aliphatic rings. The Hall–Kier alpha value is -2.46. The van der Waals surface area contributed by atoms with Crippen molar-refractivity contribution in [3.8, 4) is 0 Å². The molecule has 1 aliphatic heterocycles. The summed E-state index contributed by atoms with van der Waals surface area (Å²) in [6, 6.07) is 15.1. The lowest BCUT2D eigenvalue weighted by Crippen LogP contribution is -2.31. The quantitative estimate of drug-likeness (QED) is 0.630. The van der Waals surface area contributed by atoms with E-state index in [1.54, 1.807) is 0 Å². The summed E-state index contributed by atoms with van der Waals surface area (Å²) in [6.45, 7) is 2.89. The van der Waals surface area contributed by atoms with Crippen LogP contribution in [0.1, 0.15) is 54.6 Å². The zero-order valence-corrected chi connectivity index (χ0v) is 18.1. The maximum absolute atomic E-state index is 13.1. The molecule has 4 nitrogen and oxygen atoms in total. The monoisotopic (exact) mass is 412 g/mol. The van der Waals surface area contributed by atoms with Gasteiger partial charge in [-0.15, -0.1) is 0 Å². The number of benzene rings is 2. The molecule has 2 aromatic rings. The van der Waals surface area contributed by atoms with Crippen molar-refractivity contribution in [2.75, 3.05) is 25.6 Å². The first-order valence-electron chi connectivity index (χ1n) is 10.2. The second kappa shape index (κ2) is 9.84. The van der Waals surface area contributed by atoms with Gasteiger partial charge >= 0.3 is 0 Å². The van der Waals surface area contributed by atoms with Crippen molar-refractivity contribution >= 4 is 23.2 Å². The van der Waals surface area contributed by atoms with E-state index in [1.165, 1.54) is 5.57 Å².